The molecule has 3 aromatic rings. The van der Waals surface area contributed by atoms with Crippen molar-refractivity contribution in [1.29, 1.82) is 0 Å². The number of nitrogens with zero attached hydrogens (tertiary/aromatic N) is 1. The van der Waals surface area contributed by atoms with Crippen LogP contribution in [-0.4, -0.2) is 23.9 Å². The van der Waals surface area contributed by atoms with Crippen LogP contribution in [0, 0.1) is 0 Å². The molecular formula is C21H14Cl4N4O4. The number of hydrogen-bond donors (Lipinski definition) is 3. The minimum absolute atomic E-state index is 0.0474. The van der Waals surface area contributed by atoms with Crippen LogP contribution in [-0.2, 0) is 16.1 Å². The molecule has 0 aliphatic carbocycles. The van der Waals surface area contributed by atoms with Gasteiger partial charge in [-0.2, -0.15) is 5.10 Å². The molecule has 1 aromatic heterocycles. The molecule has 12 heteroatoms. The van der Waals surface area contributed by atoms with Gasteiger partial charge in [-0.1, -0.05) is 46.4 Å². The van der Waals surface area contributed by atoms with Gasteiger partial charge in [-0.25, -0.2) is 5.43 Å². The van der Waals surface area contributed by atoms with Gasteiger partial charge >= 0.3 is 11.8 Å². The van der Waals surface area contributed by atoms with Crippen LogP contribution >= 0.6 is 46.4 Å². The minimum atomic E-state index is -0.884. The molecule has 3 amide bonds. The Balaban J connectivity index is 1.48. The first kappa shape index (κ1) is 24.6. The molecule has 8 nitrogen and oxygen atoms in total. The maximum absolute atomic E-state index is 12.1. The van der Waals surface area contributed by atoms with Gasteiger partial charge in [-0.15, -0.1) is 0 Å². The third-order valence-electron chi connectivity index (χ3n) is 4.02. The molecule has 0 aliphatic rings. The summed E-state index contributed by atoms with van der Waals surface area (Å²) < 4.78 is 5.47. The number of hydrazone groups is 1. The number of rotatable bonds is 6. The third kappa shape index (κ3) is 6.97. The van der Waals surface area contributed by atoms with Gasteiger partial charge in [-0.05, 0) is 48.5 Å². The molecule has 3 rings (SSSR count). The van der Waals surface area contributed by atoms with Crippen LogP contribution in [0.4, 0.5) is 5.69 Å². The van der Waals surface area contributed by atoms with Crippen molar-refractivity contribution < 1.29 is 18.8 Å². The second-order valence-corrected chi connectivity index (χ2v) is 8.05. The molecule has 170 valence electrons. The topological polar surface area (TPSA) is 113 Å². The number of benzene rings is 2. The summed E-state index contributed by atoms with van der Waals surface area (Å²) in [6, 6.07) is 12.0. The van der Waals surface area contributed by atoms with Crippen molar-refractivity contribution in [2.75, 3.05) is 5.32 Å². The van der Waals surface area contributed by atoms with Crippen molar-refractivity contribution in [3.05, 3.63) is 85.7 Å². The first-order chi connectivity index (χ1) is 15.7. The Hall–Kier alpha value is -3.04. The molecule has 2 aromatic carbocycles. The monoisotopic (exact) mass is 526 g/mol. The van der Waals surface area contributed by atoms with Crippen molar-refractivity contribution in [2.24, 2.45) is 5.10 Å². The highest BCUT2D eigenvalue weighted by atomic mass is 35.5. The van der Waals surface area contributed by atoms with Crippen molar-refractivity contribution in [2.45, 2.75) is 6.54 Å². The van der Waals surface area contributed by atoms with E-state index in [1.54, 1.807) is 12.1 Å². The van der Waals surface area contributed by atoms with E-state index < -0.39 is 17.7 Å². The fourth-order valence-corrected chi connectivity index (χ4v) is 3.25. The Morgan fingerprint density at radius 3 is 2.39 bits per heavy atom. The van der Waals surface area contributed by atoms with Crippen molar-refractivity contribution in [1.82, 2.24) is 10.7 Å². The maximum atomic E-state index is 12.1. The van der Waals surface area contributed by atoms with Gasteiger partial charge in [-0.3, -0.25) is 14.4 Å². The van der Waals surface area contributed by atoms with E-state index in [-0.39, 0.29) is 22.2 Å². The van der Waals surface area contributed by atoms with Crippen LogP contribution in [0.5, 0.6) is 0 Å². The zero-order chi connectivity index (χ0) is 24.0. The quantitative estimate of drug-likeness (QED) is 0.240. The first-order valence-corrected chi connectivity index (χ1v) is 10.7. The van der Waals surface area contributed by atoms with E-state index in [0.29, 0.717) is 27.3 Å². The number of nitrogens with one attached hydrogen (secondary N) is 3. The molecule has 0 bridgehead atoms. The van der Waals surface area contributed by atoms with Crippen LogP contribution in [0.15, 0.2) is 58.0 Å². The normalized spacial score (nSPS) is 10.8. The lowest BCUT2D eigenvalue weighted by Crippen LogP contribution is -2.34. The summed E-state index contributed by atoms with van der Waals surface area (Å²) in [7, 11) is 0. The fraction of sp³-hybridized carbons (Fsp3) is 0.0476. The lowest BCUT2D eigenvalue weighted by Gasteiger charge is -2.06. The molecular weight excluding hydrogens is 514 g/mol. The van der Waals surface area contributed by atoms with E-state index in [1.165, 1.54) is 42.6 Å². The van der Waals surface area contributed by atoms with Gasteiger partial charge in [0, 0.05) is 10.7 Å². The number of anilines is 1. The van der Waals surface area contributed by atoms with E-state index in [1.807, 2.05) is 0 Å². The Morgan fingerprint density at radius 1 is 0.879 bits per heavy atom. The second-order valence-electron chi connectivity index (χ2n) is 6.39. The molecule has 0 spiro atoms. The SMILES string of the molecule is O=C(NCc1ccc(/C=N\NC(=O)c2ccc(Cl)cc2Cl)o1)C(=O)Nc1ccc(Cl)c(Cl)c1. The van der Waals surface area contributed by atoms with Crippen LogP contribution in [0.1, 0.15) is 21.9 Å². The summed E-state index contributed by atoms with van der Waals surface area (Å²) in [6.07, 6.45) is 1.27. The van der Waals surface area contributed by atoms with E-state index in [4.69, 9.17) is 50.8 Å². The Labute approximate surface area is 207 Å². The first-order valence-electron chi connectivity index (χ1n) is 9.14. The van der Waals surface area contributed by atoms with Gasteiger partial charge in [0.25, 0.3) is 5.91 Å². The molecule has 0 saturated carbocycles. The number of furan rings is 1. The zero-order valence-electron chi connectivity index (χ0n) is 16.5. The Morgan fingerprint density at radius 2 is 1.67 bits per heavy atom. The summed E-state index contributed by atoms with van der Waals surface area (Å²) in [5.74, 6) is -1.62. The number of carbonyl (C=O) groups is 3. The van der Waals surface area contributed by atoms with Gasteiger partial charge < -0.3 is 15.1 Å². The van der Waals surface area contributed by atoms with Crippen LogP contribution in [0.3, 0.4) is 0 Å². The molecule has 0 radical (unpaired) electrons. The Kier molecular flexibility index (Phi) is 8.35. The van der Waals surface area contributed by atoms with Crippen molar-refractivity contribution in [3.8, 4) is 0 Å². The number of amides is 3. The summed E-state index contributed by atoms with van der Waals surface area (Å²) in [6.45, 7) is -0.0474. The lowest BCUT2D eigenvalue weighted by molar-refractivity contribution is -0.136. The highest BCUT2D eigenvalue weighted by Crippen LogP contribution is 2.25. The van der Waals surface area contributed by atoms with Crippen LogP contribution in [0.25, 0.3) is 0 Å². The smallest absolute Gasteiger partial charge is 0.313 e. The van der Waals surface area contributed by atoms with Gasteiger partial charge in [0.15, 0.2) is 0 Å². The standard InChI is InChI=1S/C21H14Cl4N4O4/c22-11-1-5-15(17(24)7-11)19(30)29-27-10-14-4-3-13(33-14)9-26-20(31)21(32)28-12-2-6-16(23)18(25)8-12/h1-8,10H,9H2,(H,26,31)(H,28,32)(H,29,30)/b27-10-. The third-order valence-corrected chi connectivity index (χ3v) is 5.31. The number of carbonyl (C=O) groups excluding carboxylic acids is 3. The van der Waals surface area contributed by atoms with Crippen LogP contribution in [0.2, 0.25) is 20.1 Å². The van der Waals surface area contributed by atoms with Gasteiger partial charge in [0.05, 0.1) is 33.4 Å². The fourth-order valence-electron chi connectivity index (χ4n) is 2.46. The summed E-state index contributed by atoms with van der Waals surface area (Å²) in [4.78, 5) is 36.1. The predicted octanol–water partition coefficient (Wildman–Crippen LogP) is 4.91. The van der Waals surface area contributed by atoms with Gasteiger partial charge in [0.2, 0.25) is 0 Å². The lowest BCUT2D eigenvalue weighted by atomic mass is 10.2. The molecule has 1 heterocycles. The molecule has 0 unspecified atom stereocenters. The highest BCUT2D eigenvalue weighted by Gasteiger charge is 2.15. The number of halogens is 4. The molecule has 3 N–H and O–H groups in total. The molecule has 0 atom stereocenters. The second kappa shape index (κ2) is 11.2. The molecule has 33 heavy (non-hydrogen) atoms. The van der Waals surface area contributed by atoms with E-state index in [2.05, 4.69) is 21.2 Å². The van der Waals surface area contributed by atoms with E-state index in [9.17, 15) is 14.4 Å². The van der Waals surface area contributed by atoms with E-state index >= 15 is 0 Å². The van der Waals surface area contributed by atoms with Crippen LogP contribution < -0.4 is 16.1 Å². The molecule has 0 saturated heterocycles. The Bertz CT molecular complexity index is 1240. The average molecular weight is 528 g/mol. The summed E-state index contributed by atoms with van der Waals surface area (Å²) >= 11 is 23.5. The zero-order valence-corrected chi connectivity index (χ0v) is 19.5. The predicted molar refractivity (Wildman–Crippen MR) is 127 cm³/mol. The maximum Gasteiger partial charge on any atom is 0.313 e. The van der Waals surface area contributed by atoms with Crippen molar-refractivity contribution in [3.63, 3.8) is 0 Å². The average Bonchev–Trinajstić information content (AvgIpc) is 3.22. The largest absolute Gasteiger partial charge is 0.458 e. The minimum Gasteiger partial charge on any atom is -0.458 e. The van der Waals surface area contributed by atoms with Crippen molar-refractivity contribution >= 4 is 76.0 Å². The molecule has 0 fully saturated rings. The van der Waals surface area contributed by atoms with Gasteiger partial charge in [0.1, 0.15) is 11.5 Å². The highest BCUT2D eigenvalue weighted by molar-refractivity contribution is 6.43. The number of hydrogen-bond acceptors (Lipinski definition) is 5. The summed E-state index contributed by atoms with van der Waals surface area (Å²) in [5.41, 5.74) is 2.85. The van der Waals surface area contributed by atoms with E-state index in [0.717, 1.165) is 0 Å². The molecule has 0 aliphatic heterocycles. The summed E-state index contributed by atoms with van der Waals surface area (Å²) in [5, 5.41) is 9.79.